The number of likely N-dealkylation sites (N-methyl/N-ethyl adjacent to an activating group) is 1. The fraction of sp³-hybridized carbons (Fsp3) is 0.667. The third-order valence-electron chi connectivity index (χ3n) is 4.42. The Hall–Kier alpha value is -1.06. The van der Waals surface area contributed by atoms with Crippen molar-refractivity contribution in [1.29, 1.82) is 0 Å². The average Bonchev–Trinajstić information content (AvgIpc) is 2.47. The lowest BCUT2D eigenvalue weighted by Gasteiger charge is -2.33. The van der Waals surface area contributed by atoms with Gasteiger partial charge in [0.25, 0.3) is 0 Å². The molecule has 0 aromatic heterocycles. The predicted octanol–water partition coefficient (Wildman–Crippen LogP) is 3.60. The molecule has 1 fully saturated rings. The number of nitrogens with two attached hydrogens (primary N) is 1. The van der Waals surface area contributed by atoms with Gasteiger partial charge in [-0.2, -0.15) is 0 Å². The summed E-state index contributed by atoms with van der Waals surface area (Å²) < 4.78 is 5.62. The number of ether oxygens (including phenoxy) is 1. The highest BCUT2D eigenvalue weighted by molar-refractivity contribution is 5.29. The molecule has 1 saturated carbocycles. The summed E-state index contributed by atoms with van der Waals surface area (Å²) in [4.78, 5) is 2.50. The Balaban J connectivity index is 1.84. The third-order valence-corrected chi connectivity index (χ3v) is 4.42. The molecule has 0 radical (unpaired) electrons. The van der Waals surface area contributed by atoms with Gasteiger partial charge in [0.1, 0.15) is 5.75 Å². The summed E-state index contributed by atoms with van der Waals surface area (Å²) in [6, 6.07) is 8.37. The molecule has 0 spiro atoms. The highest BCUT2D eigenvalue weighted by Gasteiger charge is 2.21. The minimum atomic E-state index is 0.0882. The zero-order valence-corrected chi connectivity index (χ0v) is 13.6. The number of hydrogen-bond acceptors (Lipinski definition) is 3. The second-order valence-electron chi connectivity index (χ2n) is 6.17. The Morgan fingerprint density at radius 2 is 1.95 bits per heavy atom. The summed E-state index contributed by atoms with van der Waals surface area (Å²) in [5.74, 6) is 1.84. The second kappa shape index (κ2) is 8.40. The van der Waals surface area contributed by atoms with E-state index >= 15 is 0 Å². The molecule has 0 bridgehead atoms. The zero-order chi connectivity index (χ0) is 15.1. The van der Waals surface area contributed by atoms with Crippen molar-refractivity contribution in [3.8, 4) is 5.75 Å². The second-order valence-corrected chi connectivity index (χ2v) is 6.17. The van der Waals surface area contributed by atoms with Gasteiger partial charge in [-0.1, -0.05) is 32.4 Å². The van der Waals surface area contributed by atoms with Crippen LogP contribution >= 0.6 is 0 Å². The monoisotopic (exact) mass is 290 g/mol. The maximum atomic E-state index is 6.37. The lowest BCUT2D eigenvalue weighted by atomic mass is 9.85. The van der Waals surface area contributed by atoms with Crippen LogP contribution in [0.2, 0.25) is 0 Å². The fourth-order valence-corrected chi connectivity index (χ4v) is 2.79. The number of hydrogen-bond donors (Lipinski definition) is 1. The van der Waals surface area contributed by atoms with Crippen molar-refractivity contribution in [1.82, 2.24) is 4.90 Å². The molecule has 2 N–H and O–H groups in total. The molecular weight excluding hydrogens is 260 g/mol. The lowest BCUT2D eigenvalue weighted by Crippen LogP contribution is -2.37. The molecule has 3 heteroatoms. The van der Waals surface area contributed by atoms with Crippen LogP contribution in [0.25, 0.3) is 0 Å². The normalized spacial score (nSPS) is 16.8. The quantitative estimate of drug-likeness (QED) is 0.755. The van der Waals surface area contributed by atoms with Gasteiger partial charge in [-0.05, 0) is 49.4 Å². The molecule has 21 heavy (non-hydrogen) atoms. The van der Waals surface area contributed by atoms with Crippen LogP contribution in [0.3, 0.4) is 0 Å². The number of benzene rings is 1. The maximum absolute atomic E-state index is 6.37. The molecule has 1 unspecified atom stereocenters. The summed E-state index contributed by atoms with van der Waals surface area (Å²) in [6.45, 7) is 8.36. The van der Waals surface area contributed by atoms with Crippen molar-refractivity contribution >= 4 is 0 Å². The Bertz CT molecular complexity index is 400. The van der Waals surface area contributed by atoms with Gasteiger partial charge in [0.05, 0.1) is 6.61 Å². The van der Waals surface area contributed by atoms with Gasteiger partial charge in [0, 0.05) is 19.1 Å². The van der Waals surface area contributed by atoms with Crippen LogP contribution in [0.5, 0.6) is 5.75 Å². The maximum Gasteiger partial charge on any atom is 0.119 e. The molecule has 2 rings (SSSR count). The molecular formula is C18H30N2O. The lowest BCUT2D eigenvalue weighted by molar-refractivity contribution is 0.176. The van der Waals surface area contributed by atoms with Crippen molar-refractivity contribution in [2.45, 2.75) is 45.6 Å². The van der Waals surface area contributed by atoms with Crippen LogP contribution in [0.1, 0.15) is 51.1 Å². The molecule has 1 aromatic rings. The minimum absolute atomic E-state index is 0.0882. The first kappa shape index (κ1) is 16.3. The standard InChI is InChI=1S/C18H30N2O/c1-3-12-21-17-10-8-16(9-11-17)18(19)14-20(4-2)13-15-6-5-7-15/h8-11,15,18H,3-7,12-14,19H2,1-2H3. The van der Waals surface area contributed by atoms with Crippen molar-refractivity contribution in [2.75, 3.05) is 26.2 Å². The highest BCUT2D eigenvalue weighted by Crippen LogP contribution is 2.27. The van der Waals surface area contributed by atoms with Gasteiger partial charge in [-0.15, -0.1) is 0 Å². The largest absolute Gasteiger partial charge is 0.494 e. The van der Waals surface area contributed by atoms with Gasteiger partial charge in [-0.25, -0.2) is 0 Å². The Morgan fingerprint density at radius 1 is 1.24 bits per heavy atom. The van der Waals surface area contributed by atoms with Crippen LogP contribution < -0.4 is 10.5 Å². The van der Waals surface area contributed by atoms with E-state index in [4.69, 9.17) is 10.5 Å². The first-order valence-corrected chi connectivity index (χ1v) is 8.43. The Morgan fingerprint density at radius 3 is 2.48 bits per heavy atom. The van der Waals surface area contributed by atoms with E-state index in [2.05, 4.69) is 30.9 Å². The van der Waals surface area contributed by atoms with E-state index in [-0.39, 0.29) is 6.04 Å². The van der Waals surface area contributed by atoms with Crippen LogP contribution in [-0.4, -0.2) is 31.1 Å². The van der Waals surface area contributed by atoms with E-state index in [9.17, 15) is 0 Å². The van der Waals surface area contributed by atoms with Gasteiger partial charge in [0.2, 0.25) is 0 Å². The van der Waals surface area contributed by atoms with E-state index in [1.54, 1.807) is 0 Å². The van der Waals surface area contributed by atoms with Crippen LogP contribution in [-0.2, 0) is 0 Å². The molecule has 0 aliphatic heterocycles. The Kier molecular flexibility index (Phi) is 6.52. The first-order chi connectivity index (χ1) is 10.2. The van der Waals surface area contributed by atoms with Crippen LogP contribution in [0.15, 0.2) is 24.3 Å². The highest BCUT2D eigenvalue weighted by atomic mass is 16.5. The van der Waals surface area contributed by atoms with Crippen LogP contribution in [0.4, 0.5) is 0 Å². The van der Waals surface area contributed by atoms with Gasteiger partial charge in [0.15, 0.2) is 0 Å². The SMILES string of the molecule is CCCOc1ccc(C(N)CN(CC)CC2CCC2)cc1. The summed E-state index contributed by atoms with van der Waals surface area (Å²) >= 11 is 0. The molecule has 1 aliphatic carbocycles. The van der Waals surface area contributed by atoms with E-state index in [1.165, 1.54) is 31.4 Å². The van der Waals surface area contributed by atoms with Crippen molar-refractivity contribution in [3.05, 3.63) is 29.8 Å². The summed E-state index contributed by atoms with van der Waals surface area (Å²) in [5.41, 5.74) is 7.57. The van der Waals surface area contributed by atoms with Crippen LogP contribution in [0, 0.1) is 5.92 Å². The molecule has 1 atom stereocenters. The number of nitrogens with zero attached hydrogens (tertiary/aromatic N) is 1. The van der Waals surface area contributed by atoms with Gasteiger partial charge >= 0.3 is 0 Å². The molecule has 0 saturated heterocycles. The van der Waals surface area contributed by atoms with Crippen molar-refractivity contribution in [3.63, 3.8) is 0 Å². The average molecular weight is 290 g/mol. The summed E-state index contributed by atoms with van der Waals surface area (Å²) in [7, 11) is 0. The van der Waals surface area contributed by atoms with E-state index in [0.29, 0.717) is 0 Å². The first-order valence-electron chi connectivity index (χ1n) is 8.43. The molecule has 118 valence electrons. The molecule has 1 aliphatic rings. The smallest absolute Gasteiger partial charge is 0.119 e. The molecule has 1 aromatic carbocycles. The fourth-order valence-electron chi connectivity index (χ4n) is 2.79. The van der Waals surface area contributed by atoms with Gasteiger partial charge in [-0.3, -0.25) is 0 Å². The molecule has 0 heterocycles. The predicted molar refractivity (Wildman–Crippen MR) is 88.6 cm³/mol. The van der Waals surface area contributed by atoms with Crippen molar-refractivity contribution in [2.24, 2.45) is 11.7 Å². The molecule has 0 amide bonds. The zero-order valence-electron chi connectivity index (χ0n) is 13.6. The third kappa shape index (κ3) is 5.01. The van der Waals surface area contributed by atoms with Crippen molar-refractivity contribution < 1.29 is 4.74 Å². The van der Waals surface area contributed by atoms with E-state index < -0.39 is 0 Å². The number of rotatable bonds is 9. The minimum Gasteiger partial charge on any atom is -0.494 e. The topological polar surface area (TPSA) is 38.5 Å². The Labute approximate surface area is 129 Å². The van der Waals surface area contributed by atoms with E-state index in [0.717, 1.165) is 37.8 Å². The molecule has 3 nitrogen and oxygen atoms in total. The van der Waals surface area contributed by atoms with Gasteiger partial charge < -0.3 is 15.4 Å². The van der Waals surface area contributed by atoms with E-state index in [1.807, 2.05) is 12.1 Å². The summed E-state index contributed by atoms with van der Waals surface area (Å²) in [6.07, 6.45) is 5.24. The summed E-state index contributed by atoms with van der Waals surface area (Å²) in [5, 5.41) is 0.